The summed E-state index contributed by atoms with van der Waals surface area (Å²) in [4.78, 5) is 12.8. The van der Waals surface area contributed by atoms with E-state index in [4.69, 9.17) is 22.2 Å². The minimum Gasteiger partial charge on any atom is -0.211 e. The van der Waals surface area contributed by atoms with E-state index in [0.717, 1.165) is 12.5 Å². The van der Waals surface area contributed by atoms with Crippen molar-refractivity contribution in [3.63, 3.8) is 0 Å². The molecule has 0 N–H and O–H groups in total. The van der Waals surface area contributed by atoms with Crippen LogP contribution in [0.4, 0.5) is 0 Å². The van der Waals surface area contributed by atoms with Crippen LogP contribution in [0.15, 0.2) is 4.99 Å². The summed E-state index contributed by atoms with van der Waals surface area (Å²) in [5, 5.41) is 0. The van der Waals surface area contributed by atoms with E-state index in [1.54, 1.807) is 0 Å². The molecule has 0 aromatic heterocycles. The third-order valence-electron chi connectivity index (χ3n) is 0.757. The Morgan fingerprint density at radius 1 is 1.56 bits per heavy atom. The summed E-state index contributed by atoms with van der Waals surface area (Å²) >= 11 is 11.0. The minimum atomic E-state index is -1.46. The number of hydrogen-bond donors (Lipinski definition) is 0. The predicted molar refractivity (Wildman–Crippen MR) is 41.3 cm³/mol. The number of halogens is 2. The van der Waals surface area contributed by atoms with Gasteiger partial charge in [-0.3, -0.25) is 0 Å². The quantitative estimate of drug-likeness (QED) is 0.213. The number of hydrogen-bond acceptors (Lipinski definition) is 2. The lowest BCUT2D eigenvalue weighted by molar-refractivity contribution is 0.562. The standard InChI is InChI=1S/C4H7Cl2NOSi/c5-9(6)3-1-2-7-4-8/h9H,1-3H2. The van der Waals surface area contributed by atoms with Crippen LogP contribution in [-0.2, 0) is 4.79 Å². The Hall–Kier alpha value is 0.177. The summed E-state index contributed by atoms with van der Waals surface area (Å²) in [5.41, 5.74) is 0. The monoisotopic (exact) mass is 183 g/mol. The van der Waals surface area contributed by atoms with Crippen LogP contribution in [0.3, 0.4) is 0 Å². The first kappa shape index (κ1) is 9.18. The van der Waals surface area contributed by atoms with Crippen LogP contribution in [0.2, 0.25) is 6.04 Å². The Labute approximate surface area is 64.9 Å². The van der Waals surface area contributed by atoms with Gasteiger partial charge >= 0.3 is 0 Å². The van der Waals surface area contributed by atoms with E-state index in [1.807, 2.05) is 0 Å². The summed E-state index contributed by atoms with van der Waals surface area (Å²) in [6.07, 6.45) is 2.25. The Balaban J connectivity index is 3.00. The molecule has 5 heteroatoms. The molecule has 0 aromatic carbocycles. The first-order chi connectivity index (χ1) is 4.27. The SMILES string of the molecule is O=C=NCCC[SiH](Cl)Cl. The second kappa shape index (κ2) is 6.30. The molecule has 0 aromatic rings. The van der Waals surface area contributed by atoms with Crippen LogP contribution in [0.5, 0.6) is 0 Å². The molecule has 0 heterocycles. The van der Waals surface area contributed by atoms with E-state index >= 15 is 0 Å². The van der Waals surface area contributed by atoms with Crippen molar-refractivity contribution in [2.24, 2.45) is 4.99 Å². The Kier molecular flexibility index (Phi) is 6.42. The molecule has 2 nitrogen and oxygen atoms in total. The normalized spacial score (nSPS) is 9.22. The molecule has 0 bridgehead atoms. The van der Waals surface area contributed by atoms with Crippen molar-refractivity contribution in [3.05, 3.63) is 0 Å². The van der Waals surface area contributed by atoms with Crippen LogP contribution in [0, 0.1) is 0 Å². The number of rotatable bonds is 4. The summed E-state index contributed by atoms with van der Waals surface area (Å²) in [6, 6.07) is 0.814. The van der Waals surface area contributed by atoms with Gasteiger partial charge in [0.2, 0.25) is 13.5 Å². The highest BCUT2D eigenvalue weighted by atomic mass is 35.7. The second-order valence-electron chi connectivity index (χ2n) is 1.51. The first-order valence-electron chi connectivity index (χ1n) is 2.59. The highest BCUT2D eigenvalue weighted by Gasteiger charge is 1.98. The molecule has 0 radical (unpaired) electrons. The molecule has 9 heavy (non-hydrogen) atoms. The van der Waals surface area contributed by atoms with E-state index in [2.05, 4.69) is 4.99 Å². The minimum absolute atomic E-state index is 0.506. The van der Waals surface area contributed by atoms with Gasteiger partial charge < -0.3 is 0 Å². The van der Waals surface area contributed by atoms with E-state index in [1.165, 1.54) is 6.08 Å². The molecule has 0 fully saturated rings. The van der Waals surface area contributed by atoms with Crippen LogP contribution in [0.25, 0.3) is 0 Å². The van der Waals surface area contributed by atoms with Crippen LogP contribution in [-0.4, -0.2) is 20.0 Å². The molecular formula is C4H7Cl2NOSi. The van der Waals surface area contributed by atoms with Gasteiger partial charge in [-0.25, -0.2) is 9.79 Å². The Morgan fingerprint density at radius 2 is 2.22 bits per heavy atom. The number of isocyanates is 1. The van der Waals surface area contributed by atoms with Crippen molar-refractivity contribution in [2.75, 3.05) is 6.54 Å². The maximum absolute atomic E-state index is 9.50. The molecule has 0 saturated heterocycles. The van der Waals surface area contributed by atoms with Gasteiger partial charge in [-0.05, 0) is 12.5 Å². The molecular weight excluding hydrogens is 177 g/mol. The molecule has 52 valence electrons. The molecule has 0 unspecified atom stereocenters. The third kappa shape index (κ3) is 8.18. The van der Waals surface area contributed by atoms with Crippen molar-refractivity contribution in [1.82, 2.24) is 0 Å². The lowest BCUT2D eigenvalue weighted by Gasteiger charge is -1.92. The zero-order valence-corrected chi connectivity index (χ0v) is 7.48. The molecule has 0 rings (SSSR count). The van der Waals surface area contributed by atoms with Crippen molar-refractivity contribution in [1.29, 1.82) is 0 Å². The summed E-state index contributed by atoms with van der Waals surface area (Å²) in [6.45, 7) is 0.506. The topological polar surface area (TPSA) is 29.4 Å². The van der Waals surface area contributed by atoms with Gasteiger partial charge in [-0.15, -0.1) is 0 Å². The molecule has 0 aliphatic carbocycles. The van der Waals surface area contributed by atoms with Gasteiger partial charge in [0.15, 0.2) is 0 Å². The largest absolute Gasteiger partial charge is 0.237 e. The average Bonchev–Trinajstić information content (AvgIpc) is 1.80. The van der Waals surface area contributed by atoms with Gasteiger partial charge in [-0.2, -0.15) is 22.2 Å². The smallest absolute Gasteiger partial charge is 0.211 e. The van der Waals surface area contributed by atoms with Crippen molar-refractivity contribution in [3.8, 4) is 0 Å². The number of aliphatic imine (C=N–C) groups is 1. The summed E-state index contributed by atoms with van der Waals surface area (Å²) in [5.74, 6) is 0. The highest BCUT2D eigenvalue weighted by Crippen LogP contribution is 2.05. The van der Waals surface area contributed by atoms with Crippen molar-refractivity contribution >= 4 is 35.7 Å². The number of nitrogens with zero attached hydrogens (tertiary/aromatic N) is 1. The van der Waals surface area contributed by atoms with Gasteiger partial charge in [0.05, 0.1) is 6.54 Å². The summed E-state index contributed by atoms with van der Waals surface area (Å²) < 4.78 is 0. The average molecular weight is 184 g/mol. The lowest BCUT2D eigenvalue weighted by Crippen LogP contribution is -1.92. The highest BCUT2D eigenvalue weighted by molar-refractivity contribution is 7.33. The maximum Gasteiger partial charge on any atom is 0.237 e. The van der Waals surface area contributed by atoms with Gasteiger partial charge in [0.1, 0.15) is 0 Å². The molecule has 0 aliphatic rings. The Bertz CT molecular complexity index is 113. The van der Waals surface area contributed by atoms with E-state index in [0.29, 0.717) is 6.54 Å². The molecule has 0 saturated carbocycles. The fourth-order valence-corrected chi connectivity index (χ4v) is 1.79. The molecule has 0 atom stereocenters. The third-order valence-corrected chi connectivity index (χ3v) is 2.91. The fraction of sp³-hybridized carbons (Fsp3) is 0.750. The number of carbonyl (C=O) groups excluding carboxylic acids is 1. The van der Waals surface area contributed by atoms with Gasteiger partial charge in [0, 0.05) is 0 Å². The van der Waals surface area contributed by atoms with E-state index in [-0.39, 0.29) is 0 Å². The second-order valence-corrected chi connectivity index (χ2v) is 6.70. The van der Waals surface area contributed by atoms with Crippen molar-refractivity contribution < 1.29 is 4.79 Å². The Morgan fingerprint density at radius 3 is 2.67 bits per heavy atom. The lowest BCUT2D eigenvalue weighted by atomic mass is 10.5. The fourth-order valence-electron chi connectivity index (χ4n) is 0.370. The molecule has 0 amide bonds. The van der Waals surface area contributed by atoms with E-state index < -0.39 is 7.42 Å². The van der Waals surface area contributed by atoms with Crippen LogP contribution in [0.1, 0.15) is 6.42 Å². The summed E-state index contributed by atoms with van der Waals surface area (Å²) in [7, 11) is -1.46. The molecule has 0 spiro atoms. The first-order valence-corrected chi connectivity index (χ1v) is 6.90. The van der Waals surface area contributed by atoms with Gasteiger partial charge in [-0.1, -0.05) is 0 Å². The van der Waals surface area contributed by atoms with Crippen LogP contribution >= 0.6 is 22.2 Å². The maximum atomic E-state index is 9.50. The van der Waals surface area contributed by atoms with Crippen LogP contribution < -0.4 is 0 Å². The predicted octanol–water partition coefficient (Wildman–Crippen LogP) is 1.41. The van der Waals surface area contributed by atoms with Gasteiger partial charge in [0.25, 0.3) is 0 Å². The van der Waals surface area contributed by atoms with E-state index in [9.17, 15) is 4.79 Å². The van der Waals surface area contributed by atoms with Crippen molar-refractivity contribution in [2.45, 2.75) is 12.5 Å². The molecule has 0 aliphatic heterocycles. The zero-order chi connectivity index (χ0) is 7.11. The zero-order valence-electron chi connectivity index (χ0n) is 4.81.